The van der Waals surface area contributed by atoms with Crippen LogP contribution in [-0.2, 0) is 0 Å². The van der Waals surface area contributed by atoms with Crippen LogP contribution in [0.1, 0.15) is 31.4 Å². The van der Waals surface area contributed by atoms with Crippen molar-refractivity contribution in [2.45, 2.75) is 25.8 Å². The van der Waals surface area contributed by atoms with Crippen LogP contribution in [0.15, 0.2) is 18.2 Å². The summed E-state index contributed by atoms with van der Waals surface area (Å²) >= 11 is 5.63. The Bertz CT molecular complexity index is 291. The molecule has 0 saturated carbocycles. The van der Waals surface area contributed by atoms with Crippen molar-refractivity contribution in [1.82, 2.24) is 0 Å². The highest BCUT2D eigenvalue weighted by Gasteiger charge is 2.07. The second-order valence-electron chi connectivity index (χ2n) is 3.07. The lowest BCUT2D eigenvalue weighted by Gasteiger charge is -2.10. The molecule has 0 spiro atoms. The molecule has 0 aliphatic heterocycles. The lowest BCUT2D eigenvalue weighted by Crippen LogP contribution is -2.09. The van der Waals surface area contributed by atoms with Crippen molar-refractivity contribution in [3.63, 3.8) is 0 Å². The van der Waals surface area contributed by atoms with Gasteiger partial charge in [0.15, 0.2) is 0 Å². The van der Waals surface area contributed by atoms with E-state index in [1.807, 2.05) is 0 Å². The molecule has 0 aromatic heterocycles. The van der Waals surface area contributed by atoms with Crippen LogP contribution in [0.5, 0.6) is 0 Å². The fourth-order valence-electron chi connectivity index (χ4n) is 1.22. The van der Waals surface area contributed by atoms with Crippen LogP contribution in [0, 0.1) is 5.82 Å². The quantitative estimate of drug-likeness (QED) is 0.853. The maximum atomic E-state index is 12.8. The predicted molar refractivity (Wildman–Crippen MR) is 60.5 cm³/mol. The van der Waals surface area contributed by atoms with Crippen molar-refractivity contribution < 1.29 is 4.39 Å². The van der Waals surface area contributed by atoms with E-state index >= 15 is 0 Å². The van der Waals surface area contributed by atoms with Gasteiger partial charge in [0, 0.05) is 6.04 Å². The number of hydrogen-bond acceptors (Lipinski definition) is 1. The Morgan fingerprint density at radius 2 is 2.14 bits per heavy atom. The molecule has 4 heteroatoms. The van der Waals surface area contributed by atoms with Crippen molar-refractivity contribution in [2.24, 2.45) is 5.73 Å². The first-order valence-electron chi connectivity index (χ1n) is 4.35. The third kappa shape index (κ3) is 3.45. The van der Waals surface area contributed by atoms with Gasteiger partial charge < -0.3 is 5.73 Å². The minimum absolute atomic E-state index is 0. The molecule has 0 unspecified atom stereocenters. The zero-order chi connectivity index (χ0) is 9.84. The molecule has 0 fully saturated rings. The third-order valence-electron chi connectivity index (χ3n) is 1.97. The molecule has 1 aromatic carbocycles. The molecule has 2 N–H and O–H groups in total. The Labute approximate surface area is 94.9 Å². The van der Waals surface area contributed by atoms with E-state index in [0.29, 0.717) is 0 Å². The van der Waals surface area contributed by atoms with Crippen LogP contribution in [0.25, 0.3) is 0 Å². The molecule has 1 aromatic rings. The summed E-state index contributed by atoms with van der Waals surface area (Å²) in [6.07, 6.45) is 1.90. The van der Waals surface area contributed by atoms with Gasteiger partial charge in [0.2, 0.25) is 0 Å². The molecule has 0 amide bonds. The van der Waals surface area contributed by atoms with E-state index in [4.69, 9.17) is 17.3 Å². The van der Waals surface area contributed by atoms with Crippen LogP contribution in [0.4, 0.5) is 4.39 Å². The Morgan fingerprint density at radius 3 is 2.64 bits per heavy atom. The molecule has 0 heterocycles. The van der Waals surface area contributed by atoms with E-state index in [2.05, 4.69) is 6.92 Å². The lowest BCUT2D eigenvalue weighted by atomic mass is 10.0. The smallest absolute Gasteiger partial charge is 0.141 e. The SMILES string of the molecule is CCC[C@H](N)c1ccc(F)c(Cl)c1.Cl. The Morgan fingerprint density at radius 1 is 1.50 bits per heavy atom. The number of halogens is 3. The summed E-state index contributed by atoms with van der Waals surface area (Å²) in [5.74, 6) is -0.394. The number of hydrogen-bond donors (Lipinski definition) is 1. The van der Waals surface area contributed by atoms with Gasteiger partial charge in [0.1, 0.15) is 5.82 Å². The molecule has 14 heavy (non-hydrogen) atoms. The predicted octanol–water partition coefficient (Wildman–Crippen LogP) is 3.70. The van der Waals surface area contributed by atoms with Crippen LogP contribution in [-0.4, -0.2) is 0 Å². The second-order valence-corrected chi connectivity index (χ2v) is 3.48. The van der Waals surface area contributed by atoms with E-state index in [9.17, 15) is 4.39 Å². The number of nitrogens with two attached hydrogens (primary N) is 1. The van der Waals surface area contributed by atoms with E-state index < -0.39 is 5.82 Å². The molecule has 80 valence electrons. The maximum absolute atomic E-state index is 12.8. The van der Waals surface area contributed by atoms with Gasteiger partial charge in [-0.3, -0.25) is 0 Å². The first-order chi connectivity index (χ1) is 6.15. The molecule has 0 bridgehead atoms. The molecular weight excluding hydrogens is 224 g/mol. The standard InChI is InChI=1S/C10H13ClFN.ClH/c1-2-3-10(13)7-4-5-9(12)8(11)6-7;/h4-6,10H,2-3,13H2,1H3;1H/t10-;/m0./s1. The minimum atomic E-state index is -0.394. The second kappa shape index (κ2) is 6.23. The maximum Gasteiger partial charge on any atom is 0.141 e. The zero-order valence-corrected chi connectivity index (χ0v) is 9.54. The van der Waals surface area contributed by atoms with Crippen LogP contribution >= 0.6 is 24.0 Å². The van der Waals surface area contributed by atoms with Crippen molar-refractivity contribution >= 4 is 24.0 Å². The van der Waals surface area contributed by atoms with Crippen molar-refractivity contribution in [2.75, 3.05) is 0 Å². The summed E-state index contributed by atoms with van der Waals surface area (Å²) < 4.78 is 12.8. The molecule has 1 atom stereocenters. The van der Waals surface area contributed by atoms with E-state index in [0.717, 1.165) is 18.4 Å². The molecule has 0 radical (unpaired) electrons. The molecule has 1 rings (SSSR count). The first kappa shape index (κ1) is 13.7. The van der Waals surface area contributed by atoms with E-state index in [1.54, 1.807) is 12.1 Å². The summed E-state index contributed by atoms with van der Waals surface area (Å²) in [7, 11) is 0. The Hall–Kier alpha value is -0.310. The van der Waals surface area contributed by atoms with Gasteiger partial charge in [-0.05, 0) is 24.1 Å². The molecular formula is C10H14Cl2FN. The summed E-state index contributed by atoms with van der Waals surface area (Å²) in [6, 6.07) is 4.59. The zero-order valence-electron chi connectivity index (χ0n) is 7.97. The number of rotatable bonds is 3. The summed E-state index contributed by atoms with van der Waals surface area (Å²) in [5.41, 5.74) is 6.74. The highest BCUT2D eigenvalue weighted by Crippen LogP contribution is 2.21. The van der Waals surface area contributed by atoms with E-state index in [1.165, 1.54) is 6.07 Å². The van der Waals surface area contributed by atoms with Crippen molar-refractivity contribution in [3.05, 3.63) is 34.6 Å². The topological polar surface area (TPSA) is 26.0 Å². The molecule has 0 saturated heterocycles. The lowest BCUT2D eigenvalue weighted by molar-refractivity contribution is 0.616. The first-order valence-corrected chi connectivity index (χ1v) is 4.73. The monoisotopic (exact) mass is 237 g/mol. The van der Waals surface area contributed by atoms with Crippen molar-refractivity contribution in [3.8, 4) is 0 Å². The normalized spacial score (nSPS) is 12.0. The van der Waals surface area contributed by atoms with Gasteiger partial charge in [-0.25, -0.2) is 4.39 Å². The average molecular weight is 238 g/mol. The van der Waals surface area contributed by atoms with Crippen LogP contribution in [0.2, 0.25) is 5.02 Å². The summed E-state index contributed by atoms with van der Waals surface area (Å²) in [4.78, 5) is 0. The summed E-state index contributed by atoms with van der Waals surface area (Å²) in [6.45, 7) is 2.06. The molecule has 0 aliphatic rings. The van der Waals surface area contributed by atoms with Crippen molar-refractivity contribution in [1.29, 1.82) is 0 Å². The van der Waals surface area contributed by atoms with Gasteiger partial charge in [-0.1, -0.05) is 31.0 Å². The third-order valence-corrected chi connectivity index (χ3v) is 2.26. The Kier molecular flexibility index (Phi) is 6.09. The van der Waals surface area contributed by atoms with Gasteiger partial charge in [0.25, 0.3) is 0 Å². The Balaban J connectivity index is 0.00000169. The van der Waals surface area contributed by atoms with Gasteiger partial charge in [-0.2, -0.15) is 0 Å². The highest BCUT2D eigenvalue weighted by atomic mass is 35.5. The summed E-state index contributed by atoms with van der Waals surface area (Å²) in [5, 5.41) is 0.143. The minimum Gasteiger partial charge on any atom is -0.324 e. The molecule has 1 nitrogen and oxygen atoms in total. The fourth-order valence-corrected chi connectivity index (χ4v) is 1.41. The van der Waals surface area contributed by atoms with Gasteiger partial charge >= 0.3 is 0 Å². The highest BCUT2D eigenvalue weighted by molar-refractivity contribution is 6.30. The average Bonchev–Trinajstić information content (AvgIpc) is 2.10. The molecule has 0 aliphatic carbocycles. The van der Waals surface area contributed by atoms with E-state index in [-0.39, 0.29) is 23.5 Å². The van der Waals surface area contributed by atoms with Crippen LogP contribution in [0.3, 0.4) is 0 Å². The van der Waals surface area contributed by atoms with Gasteiger partial charge in [0.05, 0.1) is 5.02 Å². The fraction of sp³-hybridized carbons (Fsp3) is 0.400. The van der Waals surface area contributed by atoms with Crippen LogP contribution < -0.4 is 5.73 Å². The van der Waals surface area contributed by atoms with Gasteiger partial charge in [-0.15, -0.1) is 12.4 Å². The number of benzene rings is 1. The largest absolute Gasteiger partial charge is 0.324 e.